The summed E-state index contributed by atoms with van der Waals surface area (Å²) in [4.78, 5) is 19.5. The zero-order chi connectivity index (χ0) is 12.9. The van der Waals surface area contributed by atoms with Gasteiger partial charge in [0, 0.05) is 17.4 Å². The predicted octanol–water partition coefficient (Wildman–Crippen LogP) is 3.49. The summed E-state index contributed by atoms with van der Waals surface area (Å²) in [7, 11) is 0. The fraction of sp³-hybridized carbons (Fsp3) is 0.333. The Hall–Kier alpha value is -1.56. The third-order valence-corrected chi connectivity index (χ3v) is 3.64. The van der Waals surface area contributed by atoms with Crippen LogP contribution < -0.4 is 0 Å². The van der Waals surface area contributed by atoms with Crippen molar-refractivity contribution in [1.82, 2.24) is 9.97 Å². The highest BCUT2D eigenvalue weighted by molar-refractivity contribution is 9.10. The van der Waals surface area contributed by atoms with Crippen molar-refractivity contribution in [3.05, 3.63) is 38.2 Å². The largest absolute Gasteiger partial charge is 0.295 e. The molecule has 1 heterocycles. The van der Waals surface area contributed by atoms with Gasteiger partial charge in [0.05, 0.1) is 4.92 Å². The van der Waals surface area contributed by atoms with E-state index in [9.17, 15) is 10.1 Å². The molecule has 0 bridgehead atoms. The first kappa shape index (κ1) is 11.5. The SMILES string of the molecule is Cc1cc([N+](=O)[O-])c2nc(C3CC3)nc(Br)c2c1. The molecular formula is C12H10BrN3O2. The van der Waals surface area contributed by atoms with Crippen molar-refractivity contribution < 1.29 is 4.92 Å². The van der Waals surface area contributed by atoms with Gasteiger partial charge in [0.2, 0.25) is 0 Å². The third-order valence-electron chi connectivity index (χ3n) is 3.03. The van der Waals surface area contributed by atoms with E-state index < -0.39 is 0 Å². The van der Waals surface area contributed by atoms with Gasteiger partial charge in [0.1, 0.15) is 10.4 Å². The third kappa shape index (κ3) is 1.86. The molecule has 6 heteroatoms. The van der Waals surface area contributed by atoms with Gasteiger partial charge in [-0.1, -0.05) is 0 Å². The van der Waals surface area contributed by atoms with Crippen LogP contribution >= 0.6 is 15.9 Å². The average Bonchev–Trinajstić information content (AvgIpc) is 3.12. The van der Waals surface area contributed by atoms with Crippen LogP contribution in [0.1, 0.15) is 30.1 Å². The minimum Gasteiger partial charge on any atom is -0.258 e. The number of non-ortho nitro benzene ring substituents is 1. The number of hydrogen-bond acceptors (Lipinski definition) is 4. The number of nitro benzene ring substituents is 1. The zero-order valence-corrected chi connectivity index (χ0v) is 11.3. The summed E-state index contributed by atoms with van der Waals surface area (Å²) in [5.41, 5.74) is 1.31. The van der Waals surface area contributed by atoms with Gasteiger partial charge in [-0.05, 0) is 47.3 Å². The van der Waals surface area contributed by atoms with E-state index in [0.717, 1.165) is 18.4 Å². The Morgan fingerprint density at radius 2 is 2.11 bits per heavy atom. The molecule has 0 amide bonds. The van der Waals surface area contributed by atoms with Gasteiger partial charge in [0.25, 0.3) is 5.69 Å². The number of nitrogens with zero attached hydrogens (tertiary/aromatic N) is 3. The monoisotopic (exact) mass is 307 g/mol. The summed E-state index contributed by atoms with van der Waals surface area (Å²) in [6, 6.07) is 3.42. The van der Waals surface area contributed by atoms with Crippen LogP contribution in [0.4, 0.5) is 5.69 Å². The van der Waals surface area contributed by atoms with Crippen LogP contribution in [0, 0.1) is 17.0 Å². The van der Waals surface area contributed by atoms with Crippen LogP contribution in [0.15, 0.2) is 16.7 Å². The Morgan fingerprint density at radius 3 is 2.72 bits per heavy atom. The number of aromatic nitrogens is 2. The molecule has 92 valence electrons. The Bertz CT molecular complexity index is 668. The Morgan fingerprint density at radius 1 is 1.39 bits per heavy atom. The standard InChI is InChI=1S/C12H10BrN3O2/c1-6-4-8-10(9(5-6)16(17)18)14-12(7-2-3-7)15-11(8)13/h4-5,7H,2-3H2,1H3. The van der Waals surface area contributed by atoms with Crippen molar-refractivity contribution in [2.75, 3.05) is 0 Å². The van der Waals surface area contributed by atoms with Crippen molar-refractivity contribution in [2.24, 2.45) is 0 Å². The second-order valence-electron chi connectivity index (χ2n) is 4.58. The summed E-state index contributed by atoms with van der Waals surface area (Å²) >= 11 is 3.39. The van der Waals surface area contributed by atoms with Crippen LogP contribution in [0.3, 0.4) is 0 Å². The molecule has 0 aliphatic heterocycles. The average molecular weight is 308 g/mol. The summed E-state index contributed by atoms with van der Waals surface area (Å²) in [6.45, 7) is 1.83. The van der Waals surface area contributed by atoms with Crippen LogP contribution in [0.25, 0.3) is 10.9 Å². The maximum atomic E-state index is 11.1. The molecule has 18 heavy (non-hydrogen) atoms. The molecule has 1 saturated carbocycles. The second kappa shape index (κ2) is 3.98. The molecule has 1 aromatic carbocycles. The molecule has 1 aliphatic rings. The van der Waals surface area contributed by atoms with Crippen LogP contribution in [-0.2, 0) is 0 Å². The zero-order valence-electron chi connectivity index (χ0n) is 9.68. The van der Waals surface area contributed by atoms with E-state index in [1.165, 1.54) is 0 Å². The highest BCUT2D eigenvalue weighted by Gasteiger charge is 2.28. The number of halogens is 1. The first-order chi connectivity index (χ1) is 8.56. The molecule has 0 spiro atoms. The van der Waals surface area contributed by atoms with E-state index in [-0.39, 0.29) is 10.6 Å². The molecule has 3 rings (SSSR count). The smallest absolute Gasteiger partial charge is 0.258 e. The number of fused-ring (bicyclic) bond motifs is 1. The quantitative estimate of drug-likeness (QED) is 0.484. The number of hydrogen-bond donors (Lipinski definition) is 0. The van der Waals surface area contributed by atoms with E-state index >= 15 is 0 Å². The summed E-state index contributed by atoms with van der Waals surface area (Å²) in [5, 5.41) is 11.8. The highest BCUT2D eigenvalue weighted by Crippen LogP contribution is 2.40. The number of aryl methyl sites for hydroxylation is 1. The summed E-state index contributed by atoms with van der Waals surface area (Å²) in [5.74, 6) is 1.08. The number of rotatable bonds is 2. The van der Waals surface area contributed by atoms with Gasteiger partial charge in [-0.2, -0.15) is 0 Å². The fourth-order valence-corrected chi connectivity index (χ4v) is 2.48. The van der Waals surface area contributed by atoms with E-state index in [1.54, 1.807) is 6.07 Å². The topological polar surface area (TPSA) is 68.9 Å². The normalized spacial score (nSPS) is 15.0. The molecule has 0 N–H and O–H groups in total. The van der Waals surface area contributed by atoms with E-state index in [4.69, 9.17) is 0 Å². The molecule has 1 fully saturated rings. The van der Waals surface area contributed by atoms with Gasteiger partial charge in [-0.25, -0.2) is 9.97 Å². The van der Waals surface area contributed by atoms with Crippen molar-refractivity contribution in [3.63, 3.8) is 0 Å². The van der Waals surface area contributed by atoms with Gasteiger partial charge in [-0.3, -0.25) is 10.1 Å². The van der Waals surface area contributed by atoms with Crippen molar-refractivity contribution in [2.45, 2.75) is 25.7 Å². The highest BCUT2D eigenvalue weighted by atomic mass is 79.9. The predicted molar refractivity (Wildman–Crippen MR) is 70.6 cm³/mol. The number of nitro groups is 1. The Kier molecular flexibility index (Phi) is 2.55. The van der Waals surface area contributed by atoms with Crippen molar-refractivity contribution in [3.8, 4) is 0 Å². The maximum Gasteiger partial charge on any atom is 0.295 e. The fourth-order valence-electron chi connectivity index (χ4n) is 2.00. The first-order valence-corrected chi connectivity index (χ1v) is 6.48. The Labute approximate surface area is 112 Å². The second-order valence-corrected chi connectivity index (χ2v) is 5.34. The van der Waals surface area contributed by atoms with Crippen molar-refractivity contribution >= 4 is 32.5 Å². The van der Waals surface area contributed by atoms with E-state index in [0.29, 0.717) is 27.2 Å². The molecule has 5 nitrogen and oxygen atoms in total. The minimum absolute atomic E-state index is 0.0509. The summed E-state index contributed by atoms with van der Waals surface area (Å²) in [6.07, 6.45) is 2.13. The molecule has 0 saturated heterocycles. The molecule has 2 aromatic rings. The van der Waals surface area contributed by atoms with Gasteiger partial charge in [-0.15, -0.1) is 0 Å². The maximum absolute atomic E-state index is 11.1. The van der Waals surface area contributed by atoms with Crippen LogP contribution in [0.5, 0.6) is 0 Å². The molecule has 0 unspecified atom stereocenters. The van der Waals surface area contributed by atoms with Gasteiger partial charge in [0.15, 0.2) is 5.52 Å². The van der Waals surface area contributed by atoms with Crippen LogP contribution in [-0.4, -0.2) is 14.9 Å². The molecular weight excluding hydrogens is 298 g/mol. The van der Waals surface area contributed by atoms with E-state index in [2.05, 4.69) is 25.9 Å². The lowest BCUT2D eigenvalue weighted by Gasteiger charge is -2.05. The lowest BCUT2D eigenvalue weighted by atomic mass is 10.1. The molecule has 1 aliphatic carbocycles. The molecule has 0 radical (unpaired) electrons. The van der Waals surface area contributed by atoms with Gasteiger partial charge < -0.3 is 0 Å². The minimum atomic E-state index is -0.383. The lowest BCUT2D eigenvalue weighted by Crippen LogP contribution is -1.99. The van der Waals surface area contributed by atoms with Crippen LogP contribution in [0.2, 0.25) is 0 Å². The van der Waals surface area contributed by atoms with Gasteiger partial charge >= 0.3 is 0 Å². The van der Waals surface area contributed by atoms with Crippen molar-refractivity contribution in [1.29, 1.82) is 0 Å². The number of benzene rings is 1. The lowest BCUT2D eigenvalue weighted by molar-refractivity contribution is -0.383. The Balaban J connectivity index is 2.35. The first-order valence-electron chi connectivity index (χ1n) is 5.68. The molecule has 1 aromatic heterocycles. The van der Waals surface area contributed by atoms with E-state index in [1.807, 2.05) is 13.0 Å². The summed E-state index contributed by atoms with van der Waals surface area (Å²) < 4.78 is 0.640. The molecule has 0 atom stereocenters.